The Morgan fingerprint density at radius 2 is 0.646 bits per heavy atom. The Morgan fingerprint density at radius 3 is 1.25 bits per heavy atom. The highest BCUT2D eigenvalue weighted by molar-refractivity contribution is 6.25. The minimum Gasteiger partial charge on any atom is -0.456 e. The van der Waals surface area contributed by atoms with Crippen molar-refractivity contribution in [1.29, 1.82) is 5.26 Å². The van der Waals surface area contributed by atoms with E-state index in [-0.39, 0.29) is 0 Å². The summed E-state index contributed by atoms with van der Waals surface area (Å²) in [4.78, 5) is 29.4. The number of rotatable bonds is 12. The van der Waals surface area contributed by atoms with Gasteiger partial charge >= 0.3 is 0 Å². The number of nitrogens with zero attached hydrogens (tertiary/aromatic N) is 8. The lowest BCUT2D eigenvalue weighted by Gasteiger charge is -2.16. The molecule has 130 heavy (non-hydrogen) atoms. The van der Waals surface area contributed by atoms with Crippen LogP contribution in [0.1, 0.15) is 5.56 Å². The molecule has 0 amide bonds. The lowest BCUT2D eigenvalue weighted by atomic mass is 9.87. The summed E-state index contributed by atoms with van der Waals surface area (Å²) in [5, 5.41) is 23.4. The van der Waals surface area contributed by atoms with Crippen molar-refractivity contribution < 1.29 is 4.42 Å². The Labute approximate surface area is 748 Å². The van der Waals surface area contributed by atoms with E-state index in [1.54, 1.807) is 0 Å². The van der Waals surface area contributed by atoms with E-state index in [1.165, 1.54) is 98.9 Å². The maximum atomic E-state index is 9.58. The monoisotopic (exact) mass is 1650 g/mol. The van der Waals surface area contributed by atoms with Gasteiger partial charge < -0.3 is 8.98 Å². The fraction of sp³-hybridized carbons (Fsp3) is 0. The van der Waals surface area contributed by atoms with Gasteiger partial charge in [-0.1, -0.05) is 364 Å². The minimum absolute atomic E-state index is 0.621. The third-order valence-corrected chi connectivity index (χ3v) is 26.2. The number of para-hydroxylation sites is 2. The molecule has 0 radical (unpaired) electrons. The Balaban J connectivity index is 0.000000140. The molecule has 4 aromatic heterocycles. The molecule has 20 aromatic carbocycles. The highest BCUT2D eigenvalue weighted by Gasteiger charge is 2.29. The molecule has 0 saturated carbocycles. The predicted octanol–water partition coefficient (Wildman–Crippen LogP) is 32.0. The van der Waals surface area contributed by atoms with Gasteiger partial charge in [0.2, 0.25) is 0 Å². The van der Waals surface area contributed by atoms with Gasteiger partial charge in [-0.05, 0) is 204 Å². The number of hydrogen-bond acceptors (Lipinski definition) is 7. The summed E-state index contributed by atoms with van der Waals surface area (Å²) >= 11 is 0. The second-order valence-electron chi connectivity index (χ2n) is 33.3. The number of aromatic nitrogens is 6. The zero-order valence-corrected chi connectivity index (χ0v) is 69.9. The standard InChI is InChI=1S/C61H35N3O.C60H35N5/c1-62-53-21-10-18-45-42(17-9-19-48(45)53)37-24-26-38(27-25-37)43-32-34-49-46-14-5-6-15-47(46)50-35-33-44(59(43)60(49)50)39-28-30-41(31-29-39)55-36-54(40-12-3-2-4-13-40)63-61(64-55)52-20-11-23-57-58(52)51-16-7-8-22-56(51)65-57;61-36-37-18-27-45(28-19-37)65-54-17-9-8-16-50(54)51-29-26-43(35-55(51)65)47-31-33-53-49-15-7-6-14-48(49)52-32-30-46(56(47)57(52)53)39-21-23-41(24-22-39)59-62-58(40-11-2-1-3-12-40)63-60(64-59)44-25-20-38-10-4-5-13-42(38)34-44/h2-36H;1-35H. The van der Waals surface area contributed by atoms with Crippen LogP contribution in [0.4, 0.5) is 5.69 Å². The molecule has 24 aromatic rings. The van der Waals surface area contributed by atoms with Gasteiger partial charge in [-0.25, -0.2) is 29.8 Å². The molecule has 2 aliphatic carbocycles. The maximum Gasteiger partial charge on any atom is 0.194 e. The van der Waals surface area contributed by atoms with Crippen LogP contribution in [0.2, 0.25) is 0 Å². The maximum absolute atomic E-state index is 9.58. The van der Waals surface area contributed by atoms with Crippen molar-refractivity contribution in [2.24, 2.45) is 0 Å². The molecule has 2 aliphatic rings. The van der Waals surface area contributed by atoms with E-state index >= 15 is 0 Å². The van der Waals surface area contributed by atoms with Crippen LogP contribution in [-0.4, -0.2) is 29.5 Å². The van der Waals surface area contributed by atoms with Crippen molar-refractivity contribution >= 4 is 92.5 Å². The first kappa shape index (κ1) is 74.7. The van der Waals surface area contributed by atoms with Crippen molar-refractivity contribution in [1.82, 2.24) is 29.5 Å². The Hall–Kier alpha value is -17.9. The molecule has 9 heteroatoms. The Bertz CT molecular complexity index is 8850. The molecule has 0 atom stereocenters. The molecule has 600 valence electrons. The average Bonchev–Trinajstić information content (AvgIpc) is 1.46. The van der Waals surface area contributed by atoms with Gasteiger partial charge in [0.1, 0.15) is 11.2 Å². The van der Waals surface area contributed by atoms with Crippen molar-refractivity contribution in [3.8, 4) is 180 Å². The summed E-state index contributed by atoms with van der Waals surface area (Å²) in [5.41, 5.74) is 35.2. The van der Waals surface area contributed by atoms with Crippen LogP contribution in [0.5, 0.6) is 0 Å². The zero-order valence-electron chi connectivity index (χ0n) is 69.9. The smallest absolute Gasteiger partial charge is 0.194 e. The van der Waals surface area contributed by atoms with E-state index in [2.05, 4.69) is 313 Å². The van der Waals surface area contributed by atoms with Crippen molar-refractivity contribution in [3.63, 3.8) is 0 Å². The summed E-state index contributed by atoms with van der Waals surface area (Å²) in [7, 11) is 0. The van der Waals surface area contributed by atoms with Crippen LogP contribution in [0.15, 0.2) is 429 Å². The van der Waals surface area contributed by atoms with E-state index in [0.29, 0.717) is 34.5 Å². The van der Waals surface area contributed by atoms with Gasteiger partial charge in [0, 0.05) is 60.6 Å². The fourth-order valence-electron chi connectivity index (χ4n) is 20.1. The summed E-state index contributed by atoms with van der Waals surface area (Å²) in [5.74, 6) is 2.54. The summed E-state index contributed by atoms with van der Waals surface area (Å²) in [6.45, 7) is 7.73. The highest BCUT2D eigenvalue weighted by Crippen LogP contribution is 2.55. The Kier molecular flexibility index (Phi) is 17.5. The van der Waals surface area contributed by atoms with Gasteiger partial charge in [0.05, 0.1) is 40.6 Å². The molecule has 9 nitrogen and oxygen atoms in total. The Morgan fingerprint density at radius 1 is 0.238 bits per heavy atom. The van der Waals surface area contributed by atoms with Crippen LogP contribution in [-0.2, 0) is 0 Å². The third-order valence-electron chi connectivity index (χ3n) is 26.2. The number of nitriles is 1. The van der Waals surface area contributed by atoms with E-state index in [4.69, 9.17) is 35.9 Å². The topological polar surface area (TPSA) is 111 Å². The summed E-state index contributed by atoms with van der Waals surface area (Å²) < 4.78 is 8.60. The van der Waals surface area contributed by atoms with Gasteiger partial charge in [-0.3, -0.25) is 0 Å². The molecular formula is C121H70N8O. The van der Waals surface area contributed by atoms with Crippen molar-refractivity contribution in [2.75, 3.05) is 0 Å². The molecule has 0 fully saturated rings. The second kappa shape index (κ2) is 30.5. The highest BCUT2D eigenvalue weighted by atomic mass is 16.3. The molecule has 0 bridgehead atoms. The number of hydrogen-bond donors (Lipinski definition) is 0. The van der Waals surface area contributed by atoms with Crippen LogP contribution >= 0.6 is 0 Å². The zero-order chi connectivity index (χ0) is 86.0. The normalized spacial score (nSPS) is 11.7. The van der Waals surface area contributed by atoms with Crippen LogP contribution in [0, 0.1) is 17.9 Å². The number of benzene rings is 20. The average molecular weight is 1650 g/mol. The van der Waals surface area contributed by atoms with E-state index in [1.807, 2.05) is 127 Å². The van der Waals surface area contributed by atoms with Gasteiger partial charge in [-0.15, -0.1) is 0 Å². The van der Waals surface area contributed by atoms with E-state index < -0.39 is 0 Å². The van der Waals surface area contributed by atoms with Crippen molar-refractivity contribution in [2.45, 2.75) is 0 Å². The first-order valence-corrected chi connectivity index (χ1v) is 43.7. The molecule has 0 aliphatic heterocycles. The fourth-order valence-corrected chi connectivity index (χ4v) is 20.1. The first-order chi connectivity index (χ1) is 64.3. The second-order valence-corrected chi connectivity index (χ2v) is 33.3. The van der Waals surface area contributed by atoms with Gasteiger partial charge in [0.25, 0.3) is 0 Å². The van der Waals surface area contributed by atoms with Gasteiger partial charge in [0.15, 0.2) is 29.0 Å². The molecule has 4 heterocycles. The van der Waals surface area contributed by atoms with Crippen LogP contribution in [0.3, 0.4) is 0 Å². The molecule has 0 unspecified atom stereocenters. The van der Waals surface area contributed by atoms with Crippen molar-refractivity contribution in [3.05, 3.63) is 442 Å². The minimum atomic E-state index is 0.621. The van der Waals surface area contributed by atoms with Crippen LogP contribution < -0.4 is 0 Å². The molecule has 0 saturated heterocycles. The quantitative estimate of drug-likeness (QED) is 0.112. The summed E-state index contributed by atoms with van der Waals surface area (Å²) in [6, 6.07) is 152. The lowest BCUT2D eigenvalue weighted by molar-refractivity contribution is 0.669. The van der Waals surface area contributed by atoms with E-state index in [0.717, 1.165) is 139 Å². The number of fused-ring (bicyclic) bond motifs is 14. The van der Waals surface area contributed by atoms with Crippen LogP contribution in [0.25, 0.3) is 266 Å². The molecule has 26 rings (SSSR count). The largest absolute Gasteiger partial charge is 0.456 e. The number of furan rings is 1. The van der Waals surface area contributed by atoms with Gasteiger partial charge in [-0.2, -0.15) is 5.26 Å². The molecule has 0 spiro atoms. The molecule has 0 N–H and O–H groups in total. The lowest BCUT2D eigenvalue weighted by Crippen LogP contribution is -2.00. The van der Waals surface area contributed by atoms with E-state index in [9.17, 15) is 5.26 Å². The SMILES string of the molecule is N#Cc1ccc(-n2c3ccccc3c3ccc(-c4ccc5c6c(ccc(-c7ccc(-c8nc(-c9ccccc9)nc(-c9ccc%10ccccc%10c9)n8)cc7)c46)-c4ccccc4-5)cc32)cc1.[C-]#[N+]c1cccc2c(-c3ccc(-c4ccc5c6c(ccc(-c7ccc(-c8cc(-c9ccccc9)nc(-c9cccc%10oc%11ccccc%11c9%10)n8)cc7)c46)-c4ccccc4-5)cc3)cccc12. The predicted molar refractivity (Wildman–Crippen MR) is 533 cm³/mol. The first-order valence-electron chi connectivity index (χ1n) is 43.7. The molecular weight excluding hydrogens is 1580 g/mol. The third kappa shape index (κ3) is 12.4. The summed E-state index contributed by atoms with van der Waals surface area (Å²) in [6.07, 6.45) is 0.